The van der Waals surface area contributed by atoms with Gasteiger partial charge in [-0.2, -0.15) is 0 Å². The van der Waals surface area contributed by atoms with Crippen LogP contribution in [0.3, 0.4) is 0 Å². The molecule has 1 unspecified atom stereocenters. The van der Waals surface area contributed by atoms with E-state index in [9.17, 15) is 14.4 Å². The van der Waals surface area contributed by atoms with Crippen molar-refractivity contribution in [3.63, 3.8) is 0 Å². The van der Waals surface area contributed by atoms with Crippen molar-refractivity contribution in [2.24, 2.45) is 0 Å². The topological polar surface area (TPSA) is 99.2 Å². The molecule has 0 radical (unpaired) electrons. The number of thioether (sulfide) groups is 1. The van der Waals surface area contributed by atoms with E-state index in [1.165, 1.54) is 28.6 Å². The summed E-state index contributed by atoms with van der Waals surface area (Å²) in [5.74, 6) is -0.631. The highest BCUT2D eigenvalue weighted by molar-refractivity contribution is 7.99. The molecule has 0 aliphatic carbocycles. The molecule has 9 heteroatoms. The van der Waals surface area contributed by atoms with Crippen LogP contribution in [0.1, 0.15) is 0 Å². The molecule has 0 aromatic rings. The van der Waals surface area contributed by atoms with Gasteiger partial charge in [-0.1, -0.05) is 0 Å². The van der Waals surface area contributed by atoms with Crippen molar-refractivity contribution < 1.29 is 24.2 Å². The number of ether oxygens (including phenoxy) is 1. The number of morpholine rings is 1. The molecular weight excluding hydrogens is 286 g/mol. The Labute approximate surface area is 120 Å². The fraction of sp³-hybridized carbons (Fsp3) is 0.727. The summed E-state index contributed by atoms with van der Waals surface area (Å²) >= 11 is 1.39. The van der Waals surface area contributed by atoms with Crippen molar-refractivity contribution in [3.05, 3.63) is 0 Å². The predicted molar refractivity (Wildman–Crippen MR) is 71.4 cm³/mol. The van der Waals surface area contributed by atoms with Gasteiger partial charge in [-0.25, -0.2) is 9.59 Å². The van der Waals surface area contributed by atoms with Gasteiger partial charge in [-0.3, -0.25) is 4.79 Å². The molecule has 2 heterocycles. The fourth-order valence-corrected chi connectivity index (χ4v) is 3.36. The average molecular weight is 303 g/mol. The van der Waals surface area contributed by atoms with E-state index in [0.717, 1.165) is 0 Å². The van der Waals surface area contributed by atoms with E-state index in [1.54, 1.807) is 0 Å². The lowest BCUT2D eigenvalue weighted by atomic mass is 10.2. The normalized spacial score (nSPS) is 26.4. The molecule has 2 saturated heterocycles. The quantitative estimate of drug-likeness (QED) is 0.680. The van der Waals surface area contributed by atoms with Crippen molar-refractivity contribution in [1.82, 2.24) is 15.1 Å². The summed E-state index contributed by atoms with van der Waals surface area (Å²) in [7, 11) is 1.49. The number of rotatable bonds is 2. The molecule has 2 aliphatic heterocycles. The molecule has 20 heavy (non-hydrogen) atoms. The number of urea groups is 1. The van der Waals surface area contributed by atoms with Crippen LogP contribution >= 0.6 is 11.8 Å². The lowest BCUT2D eigenvalue weighted by Crippen LogP contribution is -2.59. The molecule has 8 nitrogen and oxygen atoms in total. The number of carboxylic acid groups (broad SMARTS) is 1. The maximum Gasteiger partial charge on any atom is 0.327 e. The molecule has 0 aromatic carbocycles. The van der Waals surface area contributed by atoms with Crippen LogP contribution in [-0.2, 0) is 14.3 Å². The van der Waals surface area contributed by atoms with Gasteiger partial charge in [0.25, 0.3) is 0 Å². The highest BCUT2D eigenvalue weighted by Gasteiger charge is 2.41. The SMILES string of the molecule is CNC(=O)C1COCCN1C(=O)N1CSC[C@H]1C(=O)O. The first-order chi connectivity index (χ1) is 9.56. The number of carbonyl (C=O) groups is 3. The lowest BCUT2D eigenvalue weighted by molar-refractivity contribution is -0.141. The summed E-state index contributed by atoms with van der Waals surface area (Å²) < 4.78 is 5.23. The Balaban J connectivity index is 2.13. The molecule has 2 atom stereocenters. The van der Waals surface area contributed by atoms with E-state index in [4.69, 9.17) is 9.84 Å². The van der Waals surface area contributed by atoms with Crippen molar-refractivity contribution in [2.75, 3.05) is 38.4 Å². The Kier molecular flexibility index (Phi) is 4.71. The standard InChI is InChI=1S/C11H17N3O5S/c1-12-9(15)7-4-19-3-2-13(7)11(18)14-6-20-5-8(14)10(16)17/h7-8H,2-6H2,1H3,(H,12,15)(H,16,17)/t7?,8-/m0/s1. The van der Waals surface area contributed by atoms with Gasteiger partial charge in [0, 0.05) is 19.3 Å². The molecule has 0 spiro atoms. The number of hydrogen-bond acceptors (Lipinski definition) is 5. The van der Waals surface area contributed by atoms with E-state index in [-0.39, 0.29) is 19.1 Å². The van der Waals surface area contributed by atoms with Gasteiger partial charge >= 0.3 is 12.0 Å². The van der Waals surface area contributed by atoms with E-state index in [0.29, 0.717) is 18.2 Å². The number of hydrogen-bond donors (Lipinski definition) is 2. The van der Waals surface area contributed by atoms with Crippen LogP contribution in [0.4, 0.5) is 4.79 Å². The minimum atomic E-state index is -1.02. The Hall–Kier alpha value is -1.48. The van der Waals surface area contributed by atoms with E-state index in [2.05, 4.69) is 5.32 Å². The third-order valence-corrected chi connectivity index (χ3v) is 4.35. The summed E-state index contributed by atoms with van der Waals surface area (Å²) in [6.07, 6.45) is 0. The number of likely N-dealkylation sites (N-methyl/N-ethyl adjacent to an activating group) is 1. The molecule has 0 saturated carbocycles. The van der Waals surface area contributed by atoms with E-state index in [1.807, 2.05) is 0 Å². The Morgan fingerprint density at radius 3 is 2.70 bits per heavy atom. The molecular formula is C11H17N3O5S. The minimum absolute atomic E-state index is 0.129. The van der Waals surface area contributed by atoms with Crippen LogP contribution < -0.4 is 5.32 Å². The number of nitrogens with one attached hydrogen (secondary N) is 1. The Morgan fingerprint density at radius 1 is 1.30 bits per heavy atom. The second kappa shape index (κ2) is 6.31. The number of amides is 3. The zero-order chi connectivity index (χ0) is 14.7. The van der Waals surface area contributed by atoms with Gasteiger partial charge in [-0.05, 0) is 0 Å². The van der Waals surface area contributed by atoms with Crippen LogP contribution in [0, 0.1) is 0 Å². The Bertz CT molecular complexity index is 419. The number of nitrogens with zero attached hydrogens (tertiary/aromatic N) is 2. The van der Waals surface area contributed by atoms with Gasteiger partial charge < -0.3 is 25.0 Å². The van der Waals surface area contributed by atoms with Gasteiger partial charge in [0.15, 0.2) is 0 Å². The van der Waals surface area contributed by atoms with Crippen LogP contribution in [0.2, 0.25) is 0 Å². The maximum atomic E-state index is 12.5. The predicted octanol–water partition coefficient (Wildman–Crippen LogP) is -0.987. The highest BCUT2D eigenvalue weighted by Crippen LogP contribution is 2.24. The molecule has 112 valence electrons. The molecule has 3 amide bonds. The smallest absolute Gasteiger partial charge is 0.327 e. The van der Waals surface area contributed by atoms with Crippen molar-refractivity contribution in [2.45, 2.75) is 12.1 Å². The minimum Gasteiger partial charge on any atom is -0.480 e. The van der Waals surface area contributed by atoms with Gasteiger partial charge in [0.05, 0.1) is 19.1 Å². The van der Waals surface area contributed by atoms with E-state index < -0.39 is 24.1 Å². The maximum absolute atomic E-state index is 12.5. The third-order valence-electron chi connectivity index (χ3n) is 3.34. The first-order valence-corrected chi connectivity index (χ1v) is 7.39. The zero-order valence-electron chi connectivity index (χ0n) is 11.1. The first kappa shape index (κ1) is 14.9. The molecule has 2 aliphatic rings. The second-order valence-electron chi connectivity index (χ2n) is 4.50. The van der Waals surface area contributed by atoms with Gasteiger partial charge in [0.2, 0.25) is 5.91 Å². The molecule has 2 fully saturated rings. The van der Waals surface area contributed by atoms with Crippen molar-refractivity contribution >= 4 is 29.7 Å². The van der Waals surface area contributed by atoms with Gasteiger partial charge in [-0.15, -0.1) is 11.8 Å². The number of carboxylic acids is 1. The molecule has 2 rings (SSSR count). The summed E-state index contributed by atoms with van der Waals surface area (Å²) in [4.78, 5) is 38.1. The third kappa shape index (κ3) is 2.83. The van der Waals surface area contributed by atoms with Crippen LogP contribution in [0.25, 0.3) is 0 Å². The monoisotopic (exact) mass is 303 g/mol. The Morgan fingerprint density at radius 2 is 2.05 bits per heavy atom. The number of aliphatic carboxylic acids is 1. The van der Waals surface area contributed by atoms with Crippen molar-refractivity contribution in [1.29, 1.82) is 0 Å². The van der Waals surface area contributed by atoms with Crippen molar-refractivity contribution in [3.8, 4) is 0 Å². The summed E-state index contributed by atoms with van der Waals surface area (Å²) in [5.41, 5.74) is 0. The largest absolute Gasteiger partial charge is 0.480 e. The molecule has 2 N–H and O–H groups in total. The lowest BCUT2D eigenvalue weighted by Gasteiger charge is -2.37. The van der Waals surface area contributed by atoms with Crippen LogP contribution in [0.5, 0.6) is 0 Å². The van der Waals surface area contributed by atoms with Gasteiger partial charge in [0.1, 0.15) is 12.1 Å². The first-order valence-electron chi connectivity index (χ1n) is 6.23. The fourth-order valence-electron chi connectivity index (χ4n) is 2.22. The van der Waals surface area contributed by atoms with Crippen LogP contribution in [0.15, 0.2) is 0 Å². The summed E-state index contributed by atoms with van der Waals surface area (Å²) in [6.45, 7) is 0.756. The average Bonchev–Trinajstić information content (AvgIpc) is 2.95. The van der Waals surface area contributed by atoms with E-state index >= 15 is 0 Å². The second-order valence-corrected chi connectivity index (χ2v) is 5.50. The number of carbonyl (C=O) groups excluding carboxylic acids is 2. The van der Waals surface area contributed by atoms with Crippen LogP contribution in [-0.4, -0.2) is 83.3 Å². The summed E-state index contributed by atoms with van der Waals surface area (Å²) in [6, 6.07) is -1.96. The molecule has 0 bridgehead atoms. The molecule has 0 aromatic heterocycles. The zero-order valence-corrected chi connectivity index (χ0v) is 11.9. The summed E-state index contributed by atoms with van der Waals surface area (Å²) in [5, 5.41) is 11.6. The highest BCUT2D eigenvalue weighted by atomic mass is 32.2.